The first-order valence-electron chi connectivity index (χ1n) is 14.5. The van der Waals surface area contributed by atoms with Crippen molar-refractivity contribution >= 4 is 42.2 Å². The van der Waals surface area contributed by atoms with Crippen molar-refractivity contribution < 1.29 is 59.5 Å². The van der Waals surface area contributed by atoms with Gasteiger partial charge in [0.25, 0.3) is 0 Å². The first-order valence-corrected chi connectivity index (χ1v) is 21.2. The Hall–Kier alpha value is -1.35. The van der Waals surface area contributed by atoms with Crippen LogP contribution in [0.5, 0.6) is 0 Å². The summed E-state index contributed by atoms with van der Waals surface area (Å²) in [6.45, 7) is 2.28. The average Bonchev–Trinajstić information content (AvgIpc) is 3.82. The van der Waals surface area contributed by atoms with Gasteiger partial charge in [0, 0.05) is 0 Å². The van der Waals surface area contributed by atoms with E-state index in [1.165, 1.54) is 38.2 Å². The van der Waals surface area contributed by atoms with E-state index in [0.717, 1.165) is 0 Å². The van der Waals surface area contributed by atoms with Crippen molar-refractivity contribution in [2.75, 3.05) is 14.1 Å². The minimum absolute atomic E-state index is 0. The maximum atomic E-state index is 4.58. The van der Waals surface area contributed by atoms with Gasteiger partial charge in [-0.05, 0) is 55.7 Å². The summed E-state index contributed by atoms with van der Waals surface area (Å²) < 4.78 is 0. The normalized spacial score (nSPS) is 10.9. The number of hydrogen-bond donors (Lipinski definition) is 0. The summed E-state index contributed by atoms with van der Waals surface area (Å²) in [6, 6.07) is 59.0. The van der Waals surface area contributed by atoms with Crippen LogP contribution in [0, 0.1) is 0 Å². The van der Waals surface area contributed by atoms with Crippen molar-refractivity contribution in [2.45, 2.75) is 18.9 Å². The Morgan fingerprint density at radius 1 is 0.587 bits per heavy atom. The largest absolute Gasteiger partial charge is 2.00 e. The number of halogens is 2. The first kappa shape index (κ1) is 40.8. The van der Waals surface area contributed by atoms with E-state index in [0.29, 0.717) is 12.0 Å². The fraction of sp³-hybridized carbons (Fsp3) is 0.128. The van der Waals surface area contributed by atoms with Gasteiger partial charge in [0.15, 0.2) is 0 Å². The second-order valence-electron chi connectivity index (χ2n) is 10.5. The molecule has 1 atom stereocenters. The van der Waals surface area contributed by atoms with Crippen LogP contribution in [0.2, 0.25) is 0 Å². The Kier molecular flexibility index (Phi) is 20.5. The van der Waals surface area contributed by atoms with Crippen molar-refractivity contribution in [2.24, 2.45) is 0 Å². The van der Waals surface area contributed by atoms with E-state index in [2.05, 4.69) is 208 Å². The Labute approximate surface area is 322 Å². The molecule has 0 saturated heterocycles. The van der Waals surface area contributed by atoms with Gasteiger partial charge in [-0.2, -0.15) is 41.5 Å². The van der Waals surface area contributed by atoms with Crippen LogP contribution in [0.4, 0.5) is 0 Å². The summed E-state index contributed by atoms with van der Waals surface area (Å²) in [5.74, 6) is 0.336. The number of rotatable bonds is 8. The smallest absolute Gasteiger partial charge is 0.210 e. The first-order chi connectivity index (χ1) is 22.1. The Balaban J connectivity index is 0.000000289. The third-order valence-corrected chi connectivity index (χ3v) is 10.1. The molecule has 0 saturated carbocycles. The van der Waals surface area contributed by atoms with Crippen molar-refractivity contribution in [1.29, 1.82) is 0 Å². The summed E-state index contributed by atoms with van der Waals surface area (Å²) in [5, 5.41) is 4.29. The Morgan fingerprint density at radius 2 is 1.02 bits per heavy atom. The molecule has 0 aliphatic rings. The summed E-state index contributed by atoms with van der Waals surface area (Å²) >= 11 is 3.50. The fourth-order valence-electron chi connectivity index (χ4n) is 5.29. The van der Waals surface area contributed by atoms with Crippen molar-refractivity contribution in [3.63, 3.8) is 0 Å². The van der Waals surface area contributed by atoms with Gasteiger partial charge in [0.2, 0.25) is 0 Å². The number of hydrogen-bond acceptors (Lipinski definition) is 1. The van der Waals surface area contributed by atoms with Crippen LogP contribution in [0.1, 0.15) is 41.1 Å². The predicted molar refractivity (Wildman–Crippen MR) is 190 cm³/mol. The predicted octanol–water partition coefficient (Wildman–Crippen LogP) is 9.74. The molecule has 0 heterocycles. The van der Waals surface area contributed by atoms with Gasteiger partial charge in [-0.3, -0.25) is 0 Å². The molecule has 46 heavy (non-hydrogen) atoms. The van der Waals surface area contributed by atoms with E-state index in [1.54, 1.807) is 40.0 Å². The van der Waals surface area contributed by atoms with Gasteiger partial charge in [-0.1, -0.05) is 128 Å². The molecular weight excluding hydrogens is 1080 g/mol. The zero-order valence-corrected chi connectivity index (χ0v) is 34.3. The van der Waals surface area contributed by atoms with E-state index in [4.69, 9.17) is 0 Å². The molecule has 1 nitrogen and oxygen atoms in total. The molecular formula is C39H38Au2Cl2NPRu. The van der Waals surface area contributed by atoms with Crippen LogP contribution in [-0.4, -0.2) is 19.0 Å². The molecule has 0 bridgehead atoms. The third-order valence-electron chi connectivity index (χ3n) is 7.61. The van der Waals surface area contributed by atoms with Crippen LogP contribution in [0.3, 0.4) is 0 Å². The number of nitrogens with zero attached hydrogens (tertiary/aromatic N) is 1. The molecule has 248 valence electrons. The molecule has 6 aromatic carbocycles. The minimum atomic E-state index is -0.514. The van der Waals surface area contributed by atoms with Crippen molar-refractivity contribution in [3.05, 3.63) is 186 Å². The van der Waals surface area contributed by atoms with Gasteiger partial charge >= 0.3 is 77.8 Å². The summed E-state index contributed by atoms with van der Waals surface area (Å²) in [4.78, 5) is 2.28. The van der Waals surface area contributed by atoms with Gasteiger partial charge < -0.3 is 4.90 Å². The third kappa shape index (κ3) is 11.7. The van der Waals surface area contributed by atoms with Crippen LogP contribution < -0.4 is 15.9 Å². The van der Waals surface area contributed by atoms with E-state index < -0.39 is 7.92 Å². The zero-order chi connectivity index (χ0) is 32.4. The van der Waals surface area contributed by atoms with Crippen molar-refractivity contribution in [1.82, 2.24) is 4.90 Å². The molecule has 0 fully saturated rings. The molecule has 0 amide bonds. The van der Waals surface area contributed by atoms with E-state index in [1.807, 2.05) is 0 Å². The minimum Gasteiger partial charge on any atom is -0.210 e. The fourth-order valence-corrected chi connectivity index (χ4v) is 7.84. The number of benzene rings is 4. The van der Waals surface area contributed by atoms with Crippen LogP contribution in [-0.2, 0) is 59.5 Å². The van der Waals surface area contributed by atoms with E-state index in [-0.39, 0.29) is 19.5 Å². The summed E-state index contributed by atoms with van der Waals surface area (Å²) in [7, 11) is 12.9. The molecule has 0 aliphatic heterocycles. The molecule has 1 unspecified atom stereocenters. The second-order valence-corrected chi connectivity index (χ2v) is 12.7. The maximum absolute atomic E-state index is 4.58. The molecule has 0 radical (unpaired) electrons. The molecule has 6 aromatic rings. The molecule has 6 rings (SSSR count). The van der Waals surface area contributed by atoms with Crippen molar-refractivity contribution in [3.8, 4) is 0 Å². The molecule has 7 heteroatoms. The SMILES string of the molecule is CC(c1cc[cH-]c1P(c1ccccc1)c1ccccc1)N(C)C.[Cl][Au].[Cl][Au].[Ru+2].c1ccc(C(c2ccccc2)c2cc[cH-]c2)cc1. The van der Waals surface area contributed by atoms with Crippen LogP contribution in [0.25, 0.3) is 0 Å². The molecule has 0 N–H and O–H groups in total. The summed E-state index contributed by atoms with van der Waals surface area (Å²) in [6.07, 6.45) is 0. The van der Waals surface area contributed by atoms with E-state index in [9.17, 15) is 0 Å². The van der Waals surface area contributed by atoms with E-state index >= 15 is 0 Å². The quantitative estimate of drug-likeness (QED) is 0.0835. The van der Waals surface area contributed by atoms with Gasteiger partial charge in [-0.25, -0.2) is 12.1 Å². The molecule has 0 spiro atoms. The molecule has 0 aromatic heterocycles. The van der Waals surface area contributed by atoms with Gasteiger partial charge in [0.1, 0.15) is 0 Å². The second kappa shape index (κ2) is 23.1. The van der Waals surface area contributed by atoms with Crippen LogP contribution in [0.15, 0.2) is 164 Å². The van der Waals surface area contributed by atoms with Gasteiger partial charge in [-0.15, -0.1) is 5.30 Å². The van der Waals surface area contributed by atoms with Gasteiger partial charge in [0.05, 0.1) is 0 Å². The molecule has 0 aliphatic carbocycles. The average molecular weight is 1120 g/mol. The zero-order valence-electron chi connectivity index (χ0n) is 25.9. The monoisotopic (exact) mass is 1120 g/mol. The Bertz CT molecular complexity index is 1500. The standard InChI is InChI=1S/C21H23NP.C18H15.2Au.2ClH.Ru/c1-17(22(2)3)20-15-10-16-21(20)23(18-11-6-4-7-12-18)19-13-8-5-9-14-19;1-3-9-15(10-4-1)18(17-13-7-8-14-17)16-11-5-2-6-12-16;;;;;/h4-17H,1-3H3;1-14,18H;;;2*1H;/q2*-1;2*+1;;;+2/p-2. The topological polar surface area (TPSA) is 3.24 Å². The maximum Gasteiger partial charge on any atom is 2.00 e. The summed E-state index contributed by atoms with van der Waals surface area (Å²) in [5.41, 5.74) is 5.48. The van der Waals surface area contributed by atoms with Crippen LogP contribution >= 0.6 is 26.3 Å². The Morgan fingerprint density at radius 3 is 1.41 bits per heavy atom.